The first kappa shape index (κ1) is 15.3. The molecule has 2 fully saturated rings. The number of hydrogen-bond acceptors (Lipinski definition) is 3. The maximum Gasteiger partial charge on any atom is 0.318 e. The Kier molecular flexibility index (Phi) is 4.64. The number of oxazole rings is 1. The summed E-state index contributed by atoms with van der Waals surface area (Å²) < 4.78 is 17.8. The van der Waals surface area contributed by atoms with Crippen LogP contribution in [0.15, 0.2) is 10.7 Å². The van der Waals surface area contributed by atoms with E-state index in [9.17, 15) is 9.18 Å². The van der Waals surface area contributed by atoms with Crippen LogP contribution in [-0.4, -0.2) is 34.7 Å². The largest absolute Gasteiger partial charge is 0.449 e. The van der Waals surface area contributed by atoms with Gasteiger partial charge < -0.3 is 14.6 Å². The minimum atomic E-state index is -0.248. The topological polar surface area (TPSA) is 58.4 Å². The number of halogens is 1. The molecule has 6 heteroatoms. The molecule has 1 N–H and O–H groups in total. The second kappa shape index (κ2) is 6.67. The fourth-order valence-electron chi connectivity index (χ4n) is 3.86. The quantitative estimate of drug-likeness (QED) is 0.909. The minimum absolute atomic E-state index is 0.0211. The van der Waals surface area contributed by atoms with Crippen molar-refractivity contribution in [3.8, 4) is 0 Å². The molecule has 2 amide bonds. The lowest BCUT2D eigenvalue weighted by molar-refractivity contribution is 0.116. The fraction of sp³-hybridized carbons (Fsp3) is 0.750. The number of hydrogen-bond donors (Lipinski definition) is 1. The van der Waals surface area contributed by atoms with Gasteiger partial charge in [0.25, 0.3) is 0 Å². The molecule has 22 heavy (non-hydrogen) atoms. The summed E-state index contributed by atoms with van der Waals surface area (Å²) in [4.78, 5) is 18.7. The number of amides is 2. The van der Waals surface area contributed by atoms with Crippen LogP contribution in [0.25, 0.3) is 0 Å². The Balaban J connectivity index is 1.54. The number of carbonyl (C=O) groups excluding carboxylic acids is 1. The first-order valence-corrected chi connectivity index (χ1v) is 8.26. The molecule has 0 aromatic carbocycles. The predicted octanol–water partition coefficient (Wildman–Crippen LogP) is 3.05. The van der Waals surface area contributed by atoms with E-state index in [0.717, 1.165) is 37.8 Å². The third-order valence-corrected chi connectivity index (χ3v) is 4.91. The molecule has 0 aliphatic carbocycles. The number of urea groups is 1. The van der Waals surface area contributed by atoms with Gasteiger partial charge in [-0.1, -0.05) is 6.92 Å². The molecule has 2 saturated heterocycles. The predicted molar refractivity (Wildman–Crippen MR) is 80.1 cm³/mol. The van der Waals surface area contributed by atoms with Crippen molar-refractivity contribution in [1.82, 2.24) is 15.2 Å². The monoisotopic (exact) mass is 309 g/mol. The maximum absolute atomic E-state index is 12.5. The van der Waals surface area contributed by atoms with E-state index < -0.39 is 0 Å². The van der Waals surface area contributed by atoms with Gasteiger partial charge in [0.1, 0.15) is 6.26 Å². The summed E-state index contributed by atoms with van der Waals surface area (Å²) in [7, 11) is 0. The van der Waals surface area contributed by atoms with E-state index in [2.05, 4.69) is 10.3 Å². The molecule has 2 unspecified atom stereocenters. The van der Waals surface area contributed by atoms with Gasteiger partial charge in [-0.15, -0.1) is 0 Å². The van der Waals surface area contributed by atoms with Crippen molar-refractivity contribution in [2.75, 3.05) is 6.67 Å². The van der Waals surface area contributed by atoms with Crippen LogP contribution in [0, 0.1) is 5.92 Å². The van der Waals surface area contributed by atoms with Crippen LogP contribution >= 0.6 is 0 Å². The molecule has 2 aliphatic rings. The van der Waals surface area contributed by atoms with E-state index in [4.69, 9.17) is 4.42 Å². The summed E-state index contributed by atoms with van der Waals surface area (Å²) in [5.41, 5.74) is 0.755. The summed E-state index contributed by atoms with van der Waals surface area (Å²) in [6.45, 7) is 2.13. The Morgan fingerprint density at radius 2 is 2.18 bits per heavy atom. The highest BCUT2D eigenvalue weighted by Crippen LogP contribution is 2.39. The number of fused-ring (bicyclic) bond motifs is 2. The summed E-state index contributed by atoms with van der Waals surface area (Å²) in [5, 5.41) is 2.94. The van der Waals surface area contributed by atoms with Gasteiger partial charge in [-0.05, 0) is 38.0 Å². The standard InChI is InChI=1S/C16H24FN3O2/c1-2-15-19-12(10-22-15)9-18-16(21)20-13-3-4-14(20)8-11(7-13)5-6-17/h10-11,13-14H,2-9H2,1H3,(H,18,21). The number of aromatic nitrogens is 1. The summed E-state index contributed by atoms with van der Waals surface area (Å²) >= 11 is 0. The second-order valence-electron chi connectivity index (χ2n) is 6.35. The van der Waals surface area contributed by atoms with Crippen molar-refractivity contribution in [1.29, 1.82) is 0 Å². The Labute approximate surface area is 130 Å². The van der Waals surface area contributed by atoms with Crippen LogP contribution in [0.3, 0.4) is 0 Å². The number of nitrogens with one attached hydrogen (secondary N) is 1. The van der Waals surface area contributed by atoms with Gasteiger partial charge in [-0.25, -0.2) is 9.78 Å². The molecule has 2 aliphatic heterocycles. The number of carbonyl (C=O) groups is 1. The first-order valence-electron chi connectivity index (χ1n) is 8.26. The number of nitrogens with zero attached hydrogens (tertiary/aromatic N) is 2. The molecule has 3 rings (SSSR count). The van der Waals surface area contributed by atoms with Crippen LogP contribution in [0.1, 0.15) is 50.6 Å². The molecule has 1 aromatic rings. The highest BCUT2D eigenvalue weighted by Gasteiger charge is 2.42. The number of piperidine rings is 1. The minimum Gasteiger partial charge on any atom is -0.449 e. The van der Waals surface area contributed by atoms with Gasteiger partial charge in [-0.2, -0.15) is 0 Å². The smallest absolute Gasteiger partial charge is 0.318 e. The van der Waals surface area contributed by atoms with Crippen molar-refractivity contribution in [2.45, 2.75) is 64.1 Å². The lowest BCUT2D eigenvalue weighted by Gasteiger charge is -2.38. The van der Waals surface area contributed by atoms with Crippen molar-refractivity contribution in [2.24, 2.45) is 5.92 Å². The molecule has 1 aromatic heterocycles. The zero-order chi connectivity index (χ0) is 15.5. The van der Waals surface area contributed by atoms with Crippen molar-refractivity contribution in [3.05, 3.63) is 17.8 Å². The van der Waals surface area contributed by atoms with Crippen LogP contribution < -0.4 is 5.32 Å². The lowest BCUT2D eigenvalue weighted by atomic mass is 9.89. The molecule has 2 atom stereocenters. The van der Waals surface area contributed by atoms with Crippen molar-refractivity contribution >= 4 is 6.03 Å². The third-order valence-electron chi connectivity index (χ3n) is 4.91. The lowest BCUT2D eigenvalue weighted by Crippen LogP contribution is -2.50. The van der Waals surface area contributed by atoms with E-state index in [-0.39, 0.29) is 24.8 Å². The Bertz CT molecular complexity index is 505. The van der Waals surface area contributed by atoms with Gasteiger partial charge in [-0.3, -0.25) is 4.39 Å². The molecule has 122 valence electrons. The van der Waals surface area contributed by atoms with Crippen LogP contribution in [0.2, 0.25) is 0 Å². The first-order chi connectivity index (χ1) is 10.7. The second-order valence-corrected chi connectivity index (χ2v) is 6.35. The molecular weight excluding hydrogens is 285 g/mol. The SMILES string of the molecule is CCc1nc(CNC(=O)N2C3CCC2CC(CCF)C3)co1. The third kappa shape index (κ3) is 3.10. The van der Waals surface area contributed by atoms with Gasteiger partial charge in [0.15, 0.2) is 5.89 Å². The normalized spacial score (nSPS) is 27.2. The van der Waals surface area contributed by atoms with Crippen molar-refractivity contribution < 1.29 is 13.6 Å². The molecule has 5 nitrogen and oxygen atoms in total. The highest BCUT2D eigenvalue weighted by atomic mass is 19.1. The Morgan fingerprint density at radius 3 is 2.77 bits per heavy atom. The van der Waals surface area contributed by atoms with E-state index in [1.807, 2.05) is 11.8 Å². The van der Waals surface area contributed by atoms with Crippen LogP contribution in [0.4, 0.5) is 9.18 Å². The molecule has 0 saturated carbocycles. The van der Waals surface area contributed by atoms with Gasteiger partial charge >= 0.3 is 6.03 Å². The summed E-state index contributed by atoms with van der Waals surface area (Å²) in [6.07, 6.45) is 6.97. The molecule has 2 bridgehead atoms. The molecule has 3 heterocycles. The summed E-state index contributed by atoms with van der Waals surface area (Å²) in [6, 6.07) is 0.532. The number of aryl methyl sites for hydroxylation is 1. The van der Waals surface area contributed by atoms with Crippen LogP contribution in [-0.2, 0) is 13.0 Å². The van der Waals surface area contributed by atoms with Crippen molar-refractivity contribution in [3.63, 3.8) is 0 Å². The Morgan fingerprint density at radius 1 is 1.45 bits per heavy atom. The molecule has 0 spiro atoms. The summed E-state index contributed by atoms with van der Waals surface area (Å²) in [5.74, 6) is 1.13. The Hall–Kier alpha value is -1.59. The average Bonchev–Trinajstić information content (AvgIpc) is 3.08. The van der Waals surface area contributed by atoms with Crippen LogP contribution in [0.5, 0.6) is 0 Å². The fourth-order valence-corrected chi connectivity index (χ4v) is 3.86. The highest BCUT2D eigenvalue weighted by molar-refractivity contribution is 5.75. The van der Waals surface area contributed by atoms with Gasteiger partial charge in [0.2, 0.25) is 0 Å². The average molecular weight is 309 g/mol. The maximum atomic E-state index is 12.5. The molecule has 0 radical (unpaired) electrons. The zero-order valence-electron chi connectivity index (χ0n) is 13.1. The van der Waals surface area contributed by atoms with E-state index >= 15 is 0 Å². The number of rotatable bonds is 5. The van der Waals surface area contributed by atoms with E-state index in [1.165, 1.54) is 0 Å². The van der Waals surface area contributed by atoms with E-state index in [1.54, 1.807) is 6.26 Å². The molecular formula is C16H24FN3O2. The van der Waals surface area contributed by atoms with Gasteiger partial charge in [0.05, 0.1) is 18.9 Å². The zero-order valence-corrected chi connectivity index (χ0v) is 13.1. The van der Waals surface area contributed by atoms with Gasteiger partial charge in [0, 0.05) is 18.5 Å². The van der Waals surface area contributed by atoms with E-state index in [0.29, 0.717) is 24.8 Å². The number of alkyl halides is 1.